The van der Waals surface area contributed by atoms with E-state index < -0.39 is 5.82 Å². The Kier molecular flexibility index (Phi) is 5.14. The summed E-state index contributed by atoms with van der Waals surface area (Å²) in [6.45, 7) is 2.05. The lowest BCUT2D eigenvalue weighted by Crippen LogP contribution is -2.09. The van der Waals surface area contributed by atoms with Crippen molar-refractivity contribution < 1.29 is 4.39 Å². The lowest BCUT2D eigenvalue weighted by atomic mass is 10.0. The van der Waals surface area contributed by atoms with E-state index in [1.54, 1.807) is 0 Å². The Labute approximate surface area is 132 Å². The van der Waals surface area contributed by atoms with Gasteiger partial charge in [0.15, 0.2) is 5.82 Å². The maximum absolute atomic E-state index is 13.4. The molecule has 0 aliphatic rings. The van der Waals surface area contributed by atoms with Crippen LogP contribution in [0.25, 0.3) is 0 Å². The van der Waals surface area contributed by atoms with Crippen molar-refractivity contribution in [1.82, 2.24) is 0 Å². The van der Waals surface area contributed by atoms with Crippen LogP contribution in [0.2, 0.25) is 15.1 Å². The molecule has 1 atom stereocenters. The van der Waals surface area contributed by atoms with Gasteiger partial charge < -0.3 is 5.32 Å². The molecule has 0 amide bonds. The monoisotopic (exact) mass is 331 g/mol. The molecule has 5 heteroatoms. The lowest BCUT2D eigenvalue weighted by molar-refractivity contribution is 0.628. The van der Waals surface area contributed by atoms with Crippen LogP contribution in [0.1, 0.15) is 24.9 Å². The summed E-state index contributed by atoms with van der Waals surface area (Å²) in [4.78, 5) is 0. The molecule has 0 saturated carbocycles. The van der Waals surface area contributed by atoms with Crippen molar-refractivity contribution >= 4 is 40.5 Å². The van der Waals surface area contributed by atoms with Crippen LogP contribution in [0.15, 0.2) is 36.4 Å². The van der Waals surface area contributed by atoms with Gasteiger partial charge in [-0.1, -0.05) is 53.9 Å². The van der Waals surface area contributed by atoms with Gasteiger partial charge in [-0.15, -0.1) is 0 Å². The van der Waals surface area contributed by atoms with Crippen LogP contribution in [0.4, 0.5) is 10.1 Å². The second-order valence-electron chi connectivity index (χ2n) is 4.41. The molecule has 2 aromatic carbocycles. The number of hydrogen-bond donors (Lipinski definition) is 1. The van der Waals surface area contributed by atoms with Gasteiger partial charge in [0, 0.05) is 10.7 Å². The van der Waals surface area contributed by atoms with Gasteiger partial charge in [-0.2, -0.15) is 0 Å². The van der Waals surface area contributed by atoms with E-state index in [1.165, 1.54) is 12.1 Å². The Morgan fingerprint density at radius 1 is 1.05 bits per heavy atom. The van der Waals surface area contributed by atoms with Crippen LogP contribution >= 0.6 is 34.8 Å². The maximum Gasteiger partial charge on any atom is 0.160 e. The fraction of sp³-hybridized carbons (Fsp3) is 0.200. The molecule has 0 heterocycles. The average Bonchev–Trinajstić information content (AvgIpc) is 2.43. The van der Waals surface area contributed by atoms with E-state index >= 15 is 0 Å². The highest BCUT2D eigenvalue weighted by molar-refractivity contribution is 6.35. The predicted octanol–water partition coefficient (Wildman–Crippen LogP) is 6.35. The molecule has 0 bridgehead atoms. The Morgan fingerprint density at radius 2 is 1.60 bits per heavy atom. The first kappa shape index (κ1) is 15.4. The molecule has 0 aliphatic heterocycles. The molecule has 0 spiro atoms. The lowest BCUT2D eigenvalue weighted by Gasteiger charge is -2.19. The van der Waals surface area contributed by atoms with Gasteiger partial charge in [0.1, 0.15) is 0 Å². The highest BCUT2D eigenvalue weighted by atomic mass is 35.5. The number of halogens is 4. The van der Waals surface area contributed by atoms with Gasteiger partial charge in [0.2, 0.25) is 0 Å². The highest BCUT2D eigenvalue weighted by Gasteiger charge is 2.12. The molecule has 2 aromatic rings. The zero-order chi connectivity index (χ0) is 14.7. The van der Waals surface area contributed by atoms with Crippen LogP contribution in [0.5, 0.6) is 0 Å². The first-order valence-corrected chi connectivity index (χ1v) is 7.31. The van der Waals surface area contributed by atoms with E-state index in [0.717, 1.165) is 12.0 Å². The quantitative estimate of drug-likeness (QED) is 0.643. The van der Waals surface area contributed by atoms with Gasteiger partial charge >= 0.3 is 0 Å². The van der Waals surface area contributed by atoms with Crippen molar-refractivity contribution in [3.63, 3.8) is 0 Å². The number of hydrogen-bond acceptors (Lipinski definition) is 1. The van der Waals surface area contributed by atoms with Crippen LogP contribution < -0.4 is 5.32 Å². The van der Waals surface area contributed by atoms with Crippen molar-refractivity contribution in [2.75, 3.05) is 5.32 Å². The molecule has 1 N–H and O–H groups in total. The van der Waals surface area contributed by atoms with Crippen LogP contribution in [-0.4, -0.2) is 0 Å². The zero-order valence-electron chi connectivity index (χ0n) is 10.8. The normalized spacial score (nSPS) is 12.2. The van der Waals surface area contributed by atoms with E-state index in [2.05, 4.69) is 12.2 Å². The fourth-order valence-corrected chi connectivity index (χ4v) is 2.57. The molecule has 1 nitrogen and oxygen atoms in total. The average molecular weight is 333 g/mol. The summed E-state index contributed by atoms with van der Waals surface area (Å²) in [6.07, 6.45) is 0.855. The molecule has 0 radical (unpaired) electrons. The van der Waals surface area contributed by atoms with Crippen LogP contribution in [0, 0.1) is 5.82 Å². The molecule has 1 unspecified atom stereocenters. The topological polar surface area (TPSA) is 12.0 Å². The van der Waals surface area contributed by atoms with Gasteiger partial charge in [-0.25, -0.2) is 4.39 Å². The smallest absolute Gasteiger partial charge is 0.160 e. The minimum absolute atomic E-state index is 0.00552. The zero-order valence-corrected chi connectivity index (χ0v) is 13.0. The van der Waals surface area contributed by atoms with Crippen molar-refractivity contribution in [2.45, 2.75) is 19.4 Å². The highest BCUT2D eigenvalue weighted by Crippen LogP contribution is 2.30. The standard InChI is InChI=1S/C15H13Cl3FN/c1-2-14(9-3-5-10(16)6-4-9)20-11-7-12(17)15(19)13(18)8-11/h3-8,14,20H,2H2,1H3. The second kappa shape index (κ2) is 6.66. The third-order valence-electron chi connectivity index (χ3n) is 3.01. The minimum atomic E-state index is -0.599. The Bertz CT molecular complexity index is 576. The van der Waals surface area contributed by atoms with Gasteiger partial charge in [0.25, 0.3) is 0 Å². The largest absolute Gasteiger partial charge is 0.378 e. The van der Waals surface area contributed by atoms with E-state index in [0.29, 0.717) is 10.7 Å². The number of rotatable bonds is 4. The molecule has 0 aliphatic carbocycles. The molecular formula is C15H13Cl3FN. The predicted molar refractivity (Wildman–Crippen MR) is 84.5 cm³/mol. The summed E-state index contributed by atoms with van der Waals surface area (Å²) in [5.74, 6) is -0.599. The molecule has 106 valence electrons. The van der Waals surface area contributed by atoms with Gasteiger partial charge in [0.05, 0.1) is 16.1 Å². The first-order chi connectivity index (χ1) is 9.51. The molecule has 0 saturated heterocycles. The number of anilines is 1. The molecule has 0 aromatic heterocycles. The van der Waals surface area contributed by atoms with Crippen molar-refractivity contribution in [3.05, 3.63) is 62.8 Å². The maximum atomic E-state index is 13.4. The van der Waals surface area contributed by atoms with Gasteiger partial charge in [-0.05, 0) is 36.2 Å². The summed E-state index contributed by atoms with van der Waals surface area (Å²) in [6, 6.07) is 10.7. The van der Waals surface area contributed by atoms with Gasteiger partial charge in [-0.3, -0.25) is 0 Å². The Hall–Kier alpha value is -0.960. The number of benzene rings is 2. The molecule has 20 heavy (non-hydrogen) atoms. The van der Waals surface area contributed by atoms with Crippen molar-refractivity contribution in [3.8, 4) is 0 Å². The summed E-state index contributed by atoms with van der Waals surface area (Å²) in [5, 5.41) is 4.00. The van der Waals surface area contributed by atoms with Crippen molar-refractivity contribution in [1.29, 1.82) is 0 Å². The summed E-state index contributed by atoms with van der Waals surface area (Å²) in [7, 11) is 0. The molecular weight excluding hydrogens is 320 g/mol. The summed E-state index contributed by atoms with van der Waals surface area (Å²) >= 11 is 17.5. The fourth-order valence-electron chi connectivity index (χ4n) is 1.96. The SMILES string of the molecule is CCC(Nc1cc(Cl)c(F)c(Cl)c1)c1ccc(Cl)cc1. The Balaban J connectivity index is 2.24. The van der Waals surface area contributed by atoms with Crippen LogP contribution in [0.3, 0.4) is 0 Å². The third kappa shape index (κ3) is 3.57. The number of nitrogens with one attached hydrogen (secondary N) is 1. The summed E-state index contributed by atoms with van der Waals surface area (Å²) in [5.41, 5.74) is 1.77. The minimum Gasteiger partial charge on any atom is -0.378 e. The van der Waals surface area contributed by atoms with E-state index in [-0.39, 0.29) is 16.1 Å². The van der Waals surface area contributed by atoms with E-state index in [4.69, 9.17) is 34.8 Å². The Morgan fingerprint density at radius 3 is 2.10 bits per heavy atom. The van der Waals surface area contributed by atoms with E-state index in [9.17, 15) is 4.39 Å². The molecule has 2 rings (SSSR count). The molecule has 0 fully saturated rings. The van der Waals surface area contributed by atoms with Crippen LogP contribution in [-0.2, 0) is 0 Å². The first-order valence-electron chi connectivity index (χ1n) is 6.17. The van der Waals surface area contributed by atoms with E-state index in [1.807, 2.05) is 24.3 Å². The van der Waals surface area contributed by atoms with Crippen molar-refractivity contribution in [2.24, 2.45) is 0 Å². The second-order valence-corrected chi connectivity index (χ2v) is 5.66. The third-order valence-corrected chi connectivity index (χ3v) is 3.81. The summed E-state index contributed by atoms with van der Waals surface area (Å²) < 4.78 is 13.4.